The van der Waals surface area contributed by atoms with Crippen LogP contribution in [0.4, 0.5) is 5.69 Å². The van der Waals surface area contributed by atoms with E-state index in [2.05, 4.69) is 10.3 Å². The fourth-order valence-electron chi connectivity index (χ4n) is 1.68. The van der Waals surface area contributed by atoms with Gasteiger partial charge in [-0.2, -0.15) is 0 Å². The van der Waals surface area contributed by atoms with E-state index in [4.69, 9.17) is 16.3 Å². The number of halogens is 1. The third kappa shape index (κ3) is 3.44. The van der Waals surface area contributed by atoms with E-state index in [1.165, 1.54) is 13.1 Å². The Labute approximate surface area is 116 Å². The Hall–Kier alpha value is -1.62. The lowest BCUT2D eigenvalue weighted by Gasteiger charge is -2.24. The molecule has 1 atom stereocenters. The maximum Gasteiger partial charge on any atom is 0.309 e. The van der Waals surface area contributed by atoms with Gasteiger partial charge in [-0.15, -0.1) is 0 Å². The van der Waals surface area contributed by atoms with Crippen LogP contribution in [0.15, 0.2) is 18.3 Å². The largest absolute Gasteiger partial charge is 0.452 e. The molecule has 1 amide bonds. The van der Waals surface area contributed by atoms with Crippen molar-refractivity contribution >= 4 is 29.2 Å². The molecule has 6 heteroatoms. The van der Waals surface area contributed by atoms with Gasteiger partial charge in [0.2, 0.25) is 0 Å². The molecule has 1 heterocycles. The van der Waals surface area contributed by atoms with Crippen LogP contribution in [0.25, 0.3) is 0 Å². The van der Waals surface area contributed by atoms with Gasteiger partial charge in [-0.3, -0.25) is 9.59 Å². The quantitative estimate of drug-likeness (QED) is 0.680. The van der Waals surface area contributed by atoms with E-state index in [1.54, 1.807) is 12.1 Å². The van der Waals surface area contributed by atoms with Gasteiger partial charge in [0.15, 0.2) is 11.3 Å². The highest BCUT2D eigenvalue weighted by atomic mass is 35.5. The van der Waals surface area contributed by atoms with Crippen molar-refractivity contribution in [3.8, 4) is 0 Å². The van der Waals surface area contributed by atoms with E-state index in [9.17, 15) is 9.59 Å². The van der Waals surface area contributed by atoms with Crippen LogP contribution in [0.2, 0.25) is 5.15 Å². The van der Waals surface area contributed by atoms with E-state index >= 15 is 0 Å². The first-order chi connectivity index (χ1) is 9.08. The van der Waals surface area contributed by atoms with Gasteiger partial charge in [-0.1, -0.05) is 18.0 Å². The van der Waals surface area contributed by atoms with Crippen molar-refractivity contribution in [2.45, 2.75) is 32.3 Å². The molecule has 0 aromatic carbocycles. The van der Waals surface area contributed by atoms with Crippen LogP contribution in [0.3, 0.4) is 0 Å². The number of carbonyl (C=O) groups is 2. The van der Waals surface area contributed by atoms with Gasteiger partial charge in [0.05, 0.1) is 11.6 Å². The number of aromatic nitrogens is 1. The lowest BCUT2D eigenvalue weighted by atomic mass is 9.86. The zero-order valence-corrected chi connectivity index (χ0v) is 11.3. The lowest BCUT2D eigenvalue weighted by Crippen LogP contribution is -2.34. The summed E-state index contributed by atoms with van der Waals surface area (Å²) < 4.78 is 5.11. The molecule has 1 aromatic heterocycles. The first-order valence-corrected chi connectivity index (χ1v) is 6.57. The summed E-state index contributed by atoms with van der Waals surface area (Å²) in [6.45, 7) is 1.54. The molecule has 0 unspecified atom stereocenters. The molecule has 5 nitrogen and oxygen atoms in total. The Bertz CT molecular complexity index is 489. The Morgan fingerprint density at radius 1 is 1.53 bits per heavy atom. The Kier molecular flexibility index (Phi) is 4.37. The number of nitrogens with one attached hydrogen (secondary N) is 1. The number of carbonyl (C=O) groups excluding carboxylic acids is 2. The summed E-state index contributed by atoms with van der Waals surface area (Å²) in [6.07, 6.45) is 3.43. The predicted octanol–water partition coefficient (Wildman–Crippen LogP) is 2.41. The average Bonchev–Trinajstić information content (AvgIpc) is 2.29. The van der Waals surface area contributed by atoms with E-state index in [0.717, 1.165) is 19.3 Å². The van der Waals surface area contributed by atoms with Crippen LogP contribution in [0.1, 0.15) is 26.2 Å². The molecule has 0 aliphatic heterocycles. The number of amides is 1. The highest BCUT2D eigenvalue weighted by Crippen LogP contribution is 2.28. The summed E-state index contributed by atoms with van der Waals surface area (Å²) in [6, 6.07) is 3.29. The van der Waals surface area contributed by atoms with Crippen LogP contribution in [-0.2, 0) is 14.3 Å². The number of pyridine rings is 1. The number of rotatable bonds is 4. The van der Waals surface area contributed by atoms with Crippen molar-refractivity contribution in [1.82, 2.24) is 4.98 Å². The van der Waals surface area contributed by atoms with E-state index in [-0.39, 0.29) is 17.0 Å². The van der Waals surface area contributed by atoms with Crippen molar-refractivity contribution < 1.29 is 14.3 Å². The molecule has 1 aliphatic rings. The fraction of sp³-hybridized carbons (Fsp3) is 0.462. The van der Waals surface area contributed by atoms with Gasteiger partial charge < -0.3 is 10.1 Å². The highest BCUT2D eigenvalue weighted by Gasteiger charge is 2.29. The van der Waals surface area contributed by atoms with Gasteiger partial charge in [0, 0.05) is 6.20 Å². The number of ether oxygens (including phenoxy) is 1. The van der Waals surface area contributed by atoms with Crippen molar-refractivity contribution in [2.75, 3.05) is 5.32 Å². The van der Waals surface area contributed by atoms with Crippen LogP contribution >= 0.6 is 11.6 Å². The average molecular weight is 283 g/mol. The normalized spacial score (nSPS) is 16.3. The van der Waals surface area contributed by atoms with Crippen molar-refractivity contribution in [3.63, 3.8) is 0 Å². The van der Waals surface area contributed by atoms with Gasteiger partial charge >= 0.3 is 5.97 Å². The van der Waals surface area contributed by atoms with Gasteiger partial charge in [-0.25, -0.2) is 4.98 Å². The minimum atomic E-state index is -0.843. The molecule has 1 fully saturated rings. The maximum atomic E-state index is 11.9. The number of hydrogen-bond acceptors (Lipinski definition) is 4. The minimum Gasteiger partial charge on any atom is -0.452 e. The second-order valence-electron chi connectivity index (χ2n) is 4.54. The highest BCUT2D eigenvalue weighted by molar-refractivity contribution is 6.32. The first-order valence-electron chi connectivity index (χ1n) is 6.20. The lowest BCUT2D eigenvalue weighted by molar-refractivity contribution is -0.159. The van der Waals surface area contributed by atoms with Crippen LogP contribution in [0, 0.1) is 5.92 Å². The number of anilines is 1. The fourth-order valence-corrected chi connectivity index (χ4v) is 1.85. The molecule has 0 saturated heterocycles. The first kappa shape index (κ1) is 13.8. The summed E-state index contributed by atoms with van der Waals surface area (Å²) in [5.74, 6) is -0.758. The van der Waals surface area contributed by atoms with E-state index in [0.29, 0.717) is 5.69 Å². The zero-order chi connectivity index (χ0) is 13.8. The summed E-state index contributed by atoms with van der Waals surface area (Å²) in [5, 5.41) is 2.78. The molecule has 1 aromatic rings. The molecule has 1 aliphatic carbocycles. The Morgan fingerprint density at radius 2 is 2.26 bits per heavy atom. The third-order valence-electron chi connectivity index (χ3n) is 3.12. The topological polar surface area (TPSA) is 68.3 Å². The molecule has 102 valence electrons. The molecule has 1 saturated carbocycles. The summed E-state index contributed by atoms with van der Waals surface area (Å²) in [7, 11) is 0. The Balaban J connectivity index is 1.88. The maximum absolute atomic E-state index is 11.9. The standard InChI is InChI=1S/C13H15ClN2O3/c1-8(19-13(18)9-4-2-5-9)12(17)16-10-6-3-7-15-11(10)14/h3,6-9H,2,4-5H2,1H3,(H,16,17)/t8-/m1/s1. The molecular formula is C13H15ClN2O3. The van der Waals surface area contributed by atoms with Crippen molar-refractivity contribution in [2.24, 2.45) is 5.92 Å². The summed E-state index contributed by atoms with van der Waals surface area (Å²) in [5.41, 5.74) is 0.403. The van der Waals surface area contributed by atoms with Crippen LogP contribution < -0.4 is 5.32 Å². The second kappa shape index (κ2) is 6.02. The SMILES string of the molecule is C[C@@H](OC(=O)C1CCC1)C(=O)Nc1cccnc1Cl. The summed E-state index contributed by atoms with van der Waals surface area (Å²) >= 11 is 5.83. The molecule has 1 N–H and O–H groups in total. The monoisotopic (exact) mass is 282 g/mol. The summed E-state index contributed by atoms with van der Waals surface area (Å²) in [4.78, 5) is 27.3. The van der Waals surface area contributed by atoms with E-state index < -0.39 is 12.0 Å². The predicted molar refractivity (Wildman–Crippen MR) is 70.8 cm³/mol. The van der Waals surface area contributed by atoms with E-state index in [1.807, 2.05) is 0 Å². The number of esters is 1. The van der Waals surface area contributed by atoms with Gasteiger partial charge in [0.1, 0.15) is 0 Å². The molecule has 0 radical (unpaired) electrons. The number of nitrogens with zero attached hydrogens (tertiary/aromatic N) is 1. The smallest absolute Gasteiger partial charge is 0.309 e. The van der Waals surface area contributed by atoms with Crippen molar-refractivity contribution in [3.05, 3.63) is 23.5 Å². The van der Waals surface area contributed by atoms with Crippen LogP contribution in [-0.4, -0.2) is 23.0 Å². The zero-order valence-electron chi connectivity index (χ0n) is 10.6. The van der Waals surface area contributed by atoms with Crippen molar-refractivity contribution in [1.29, 1.82) is 0 Å². The molecule has 0 bridgehead atoms. The second-order valence-corrected chi connectivity index (χ2v) is 4.90. The Morgan fingerprint density at radius 3 is 2.84 bits per heavy atom. The molecule has 2 rings (SSSR count). The molecule has 19 heavy (non-hydrogen) atoms. The minimum absolute atomic E-state index is 0.0442. The third-order valence-corrected chi connectivity index (χ3v) is 3.42. The number of hydrogen-bond donors (Lipinski definition) is 1. The molecule has 0 spiro atoms. The molecular weight excluding hydrogens is 268 g/mol. The van der Waals surface area contributed by atoms with Gasteiger partial charge in [0.25, 0.3) is 5.91 Å². The van der Waals surface area contributed by atoms with Crippen LogP contribution in [0.5, 0.6) is 0 Å². The van der Waals surface area contributed by atoms with Gasteiger partial charge in [-0.05, 0) is 31.9 Å².